The molecule has 80 valence electrons. The molecule has 2 rings (SSSR count). The van der Waals surface area contributed by atoms with Crippen molar-refractivity contribution in [3.8, 4) is 0 Å². The lowest BCUT2D eigenvalue weighted by molar-refractivity contribution is 0.446. The summed E-state index contributed by atoms with van der Waals surface area (Å²) in [5.74, 6) is 0.905. The quantitative estimate of drug-likeness (QED) is 0.814. The van der Waals surface area contributed by atoms with Crippen molar-refractivity contribution in [2.75, 3.05) is 7.05 Å². The molecule has 0 amide bonds. The van der Waals surface area contributed by atoms with Crippen LogP contribution >= 0.6 is 0 Å². The number of rotatable bonds is 3. The van der Waals surface area contributed by atoms with Gasteiger partial charge in [-0.2, -0.15) is 0 Å². The molecule has 2 heterocycles. The first-order chi connectivity index (χ1) is 7.24. The van der Waals surface area contributed by atoms with E-state index in [1.165, 1.54) is 0 Å². The summed E-state index contributed by atoms with van der Waals surface area (Å²) in [4.78, 5) is 0. The maximum absolute atomic E-state index is 5.46. The van der Waals surface area contributed by atoms with E-state index in [1.807, 2.05) is 27.1 Å². The van der Waals surface area contributed by atoms with Crippen molar-refractivity contribution in [2.24, 2.45) is 7.05 Å². The van der Waals surface area contributed by atoms with E-state index in [0.29, 0.717) is 0 Å². The molecule has 5 heteroatoms. The number of nitrogens with one attached hydrogen (secondary N) is 1. The van der Waals surface area contributed by atoms with Crippen LogP contribution < -0.4 is 5.32 Å². The molecule has 1 N–H and O–H groups in total. The molecule has 0 radical (unpaired) electrons. The van der Waals surface area contributed by atoms with Crippen LogP contribution in [0.1, 0.15) is 23.1 Å². The van der Waals surface area contributed by atoms with Gasteiger partial charge in [0.05, 0.1) is 18.2 Å². The van der Waals surface area contributed by atoms with Gasteiger partial charge in [0, 0.05) is 7.05 Å². The van der Waals surface area contributed by atoms with Gasteiger partial charge in [-0.15, -0.1) is 5.10 Å². The summed E-state index contributed by atoms with van der Waals surface area (Å²) in [7, 11) is 3.75. The number of aromatic nitrogens is 3. The average Bonchev–Trinajstić information content (AvgIpc) is 2.80. The van der Waals surface area contributed by atoms with Gasteiger partial charge < -0.3 is 9.73 Å². The van der Waals surface area contributed by atoms with Crippen molar-refractivity contribution < 1.29 is 4.42 Å². The Kier molecular flexibility index (Phi) is 2.55. The zero-order chi connectivity index (χ0) is 10.8. The Hall–Kier alpha value is -1.62. The van der Waals surface area contributed by atoms with Crippen LogP contribution in [0.25, 0.3) is 0 Å². The Balaban J connectivity index is 2.41. The summed E-state index contributed by atoms with van der Waals surface area (Å²) in [6.45, 7) is 2.02. The standard InChI is InChI=1S/C10H14N4O/c1-7-4-5-15-10(7)9(11-2)8-6-12-13-14(8)3/h4-6,9,11H,1-3H3. The highest BCUT2D eigenvalue weighted by molar-refractivity contribution is 5.25. The molecule has 1 atom stereocenters. The number of hydrogen-bond donors (Lipinski definition) is 1. The average molecular weight is 206 g/mol. The minimum atomic E-state index is -0.000000000000000444. The van der Waals surface area contributed by atoms with Crippen molar-refractivity contribution in [3.63, 3.8) is 0 Å². The summed E-state index contributed by atoms with van der Waals surface area (Å²) >= 11 is 0. The van der Waals surface area contributed by atoms with Crippen molar-refractivity contribution in [2.45, 2.75) is 13.0 Å². The van der Waals surface area contributed by atoms with E-state index in [-0.39, 0.29) is 6.04 Å². The second kappa shape index (κ2) is 3.86. The molecule has 0 saturated heterocycles. The van der Waals surface area contributed by atoms with Crippen LogP contribution in [0.4, 0.5) is 0 Å². The molecule has 0 fully saturated rings. The maximum atomic E-state index is 5.46. The van der Waals surface area contributed by atoms with Crippen molar-refractivity contribution >= 4 is 0 Å². The Morgan fingerprint density at radius 3 is 2.80 bits per heavy atom. The third kappa shape index (κ3) is 1.66. The largest absolute Gasteiger partial charge is 0.467 e. The highest BCUT2D eigenvalue weighted by Gasteiger charge is 2.20. The summed E-state index contributed by atoms with van der Waals surface area (Å²) in [5, 5.41) is 11.0. The second-order valence-corrected chi connectivity index (χ2v) is 3.47. The van der Waals surface area contributed by atoms with Crippen LogP contribution in [0.15, 0.2) is 22.9 Å². The monoisotopic (exact) mass is 206 g/mol. The van der Waals surface area contributed by atoms with Gasteiger partial charge in [0.15, 0.2) is 0 Å². The normalized spacial score (nSPS) is 13.0. The molecule has 15 heavy (non-hydrogen) atoms. The summed E-state index contributed by atoms with van der Waals surface area (Å²) in [6, 6.07) is 1.95. The van der Waals surface area contributed by atoms with Gasteiger partial charge >= 0.3 is 0 Å². The van der Waals surface area contributed by atoms with Gasteiger partial charge in [0.1, 0.15) is 11.8 Å². The van der Waals surface area contributed by atoms with Gasteiger partial charge in [-0.05, 0) is 25.6 Å². The number of aryl methyl sites for hydroxylation is 2. The van der Waals surface area contributed by atoms with E-state index in [4.69, 9.17) is 4.42 Å². The van der Waals surface area contributed by atoms with Crippen LogP contribution in [0.3, 0.4) is 0 Å². The number of hydrogen-bond acceptors (Lipinski definition) is 4. The Bertz CT molecular complexity index is 405. The molecular weight excluding hydrogens is 192 g/mol. The first-order valence-corrected chi connectivity index (χ1v) is 4.80. The van der Waals surface area contributed by atoms with E-state index in [0.717, 1.165) is 17.0 Å². The van der Waals surface area contributed by atoms with Crippen LogP contribution in [0.2, 0.25) is 0 Å². The molecule has 0 aromatic carbocycles. The predicted molar refractivity (Wildman–Crippen MR) is 55.4 cm³/mol. The number of nitrogens with zero attached hydrogens (tertiary/aromatic N) is 3. The Morgan fingerprint density at radius 2 is 2.33 bits per heavy atom. The fourth-order valence-electron chi connectivity index (χ4n) is 1.65. The summed E-state index contributed by atoms with van der Waals surface area (Å²) < 4.78 is 7.20. The minimum Gasteiger partial charge on any atom is -0.467 e. The lowest BCUT2D eigenvalue weighted by Crippen LogP contribution is -2.20. The van der Waals surface area contributed by atoms with E-state index >= 15 is 0 Å². The first kappa shape index (κ1) is 9.92. The SMILES string of the molecule is CNC(c1occc1C)c1cnnn1C. The number of furan rings is 1. The highest BCUT2D eigenvalue weighted by atomic mass is 16.3. The van der Waals surface area contributed by atoms with Crippen LogP contribution in [-0.4, -0.2) is 22.0 Å². The van der Waals surface area contributed by atoms with Crippen LogP contribution in [0.5, 0.6) is 0 Å². The lowest BCUT2D eigenvalue weighted by atomic mass is 10.1. The van der Waals surface area contributed by atoms with E-state index in [2.05, 4.69) is 15.6 Å². The minimum absolute atomic E-state index is 0.000000000000000444. The molecule has 5 nitrogen and oxygen atoms in total. The third-order valence-corrected chi connectivity index (χ3v) is 2.50. The predicted octanol–water partition coefficient (Wildman–Crippen LogP) is 1.03. The van der Waals surface area contributed by atoms with Gasteiger partial charge in [0.25, 0.3) is 0 Å². The van der Waals surface area contributed by atoms with E-state index < -0.39 is 0 Å². The molecule has 2 aromatic heterocycles. The van der Waals surface area contributed by atoms with Gasteiger partial charge in [-0.25, -0.2) is 0 Å². The molecule has 0 bridgehead atoms. The smallest absolute Gasteiger partial charge is 0.129 e. The van der Waals surface area contributed by atoms with Crippen molar-refractivity contribution in [1.29, 1.82) is 0 Å². The zero-order valence-corrected chi connectivity index (χ0v) is 9.06. The van der Waals surface area contributed by atoms with E-state index in [9.17, 15) is 0 Å². The lowest BCUT2D eigenvalue weighted by Gasteiger charge is -2.14. The van der Waals surface area contributed by atoms with Crippen LogP contribution in [0, 0.1) is 6.92 Å². The van der Waals surface area contributed by atoms with Gasteiger partial charge in [0.2, 0.25) is 0 Å². The molecule has 2 aromatic rings. The third-order valence-electron chi connectivity index (χ3n) is 2.50. The highest BCUT2D eigenvalue weighted by Crippen LogP contribution is 2.23. The van der Waals surface area contributed by atoms with Crippen LogP contribution in [-0.2, 0) is 7.05 Å². The molecule has 0 aliphatic heterocycles. The van der Waals surface area contributed by atoms with Crippen molar-refractivity contribution in [3.05, 3.63) is 35.5 Å². The summed E-state index contributed by atoms with van der Waals surface area (Å²) in [5.41, 5.74) is 2.10. The molecule has 0 aliphatic rings. The van der Waals surface area contributed by atoms with Gasteiger partial charge in [-0.1, -0.05) is 5.21 Å². The first-order valence-electron chi connectivity index (χ1n) is 4.80. The molecular formula is C10H14N4O. The fourth-order valence-corrected chi connectivity index (χ4v) is 1.65. The zero-order valence-electron chi connectivity index (χ0n) is 9.06. The Morgan fingerprint density at radius 1 is 1.53 bits per heavy atom. The molecule has 1 unspecified atom stereocenters. The second-order valence-electron chi connectivity index (χ2n) is 3.47. The van der Waals surface area contributed by atoms with Gasteiger partial charge in [-0.3, -0.25) is 4.68 Å². The Labute approximate surface area is 88.1 Å². The fraction of sp³-hybridized carbons (Fsp3) is 0.400. The molecule has 0 saturated carbocycles. The molecule has 0 aliphatic carbocycles. The topological polar surface area (TPSA) is 55.9 Å². The molecule has 0 spiro atoms. The van der Waals surface area contributed by atoms with Crippen molar-refractivity contribution in [1.82, 2.24) is 20.3 Å². The maximum Gasteiger partial charge on any atom is 0.129 e. The van der Waals surface area contributed by atoms with E-state index in [1.54, 1.807) is 17.1 Å². The summed E-state index contributed by atoms with van der Waals surface area (Å²) in [6.07, 6.45) is 3.43.